The van der Waals surface area contributed by atoms with Crippen LogP contribution in [0.5, 0.6) is 0 Å². The first kappa shape index (κ1) is 24.1. The van der Waals surface area contributed by atoms with Crippen molar-refractivity contribution in [3.8, 4) is 11.3 Å². The number of hydrogen-bond donors (Lipinski definition) is 0. The molecule has 0 amide bonds. The first-order chi connectivity index (χ1) is 8.06. The molecule has 0 aromatic carbocycles. The average molecular weight is 419 g/mol. The summed E-state index contributed by atoms with van der Waals surface area (Å²) < 4.78 is 0. The monoisotopic (exact) mass is 419 g/mol. The zero-order valence-electron chi connectivity index (χ0n) is 10.6. The van der Waals surface area contributed by atoms with Gasteiger partial charge in [0.25, 0.3) is 0 Å². The zero-order chi connectivity index (χ0) is 14.9. The minimum absolute atomic E-state index is 0. The molecule has 6 nitrogen and oxygen atoms in total. The summed E-state index contributed by atoms with van der Waals surface area (Å²) in [6.45, 7) is 2.07. The van der Waals surface area contributed by atoms with E-state index in [1.54, 1.807) is 0 Å². The van der Waals surface area contributed by atoms with Gasteiger partial charge in [-0.15, -0.1) is 0 Å². The molecule has 0 aliphatic heterocycles. The Balaban J connectivity index is -0.00000144. The molecular formula is C11H14Co3O6. The van der Waals surface area contributed by atoms with Crippen molar-refractivity contribution >= 4 is 31.3 Å². The van der Waals surface area contributed by atoms with E-state index in [1.165, 1.54) is 4.85 Å². The summed E-state index contributed by atoms with van der Waals surface area (Å²) >= 11 is 0. The van der Waals surface area contributed by atoms with Crippen LogP contribution in [0.3, 0.4) is 0 Å². The van der Waals surface area contributed by atoms with Gasteiger partial charge in [0.05, 0.1) is 0 Å². The van der Waals surface area contributed by atoms with Gasteiger partial charge in [0.15, 0.2) is 0 Å². The first-order valence-corrected chi connectivity index (χ1v) is 9.10. The van der Waals surface area contributed by atoms with Crippen molar-refractivity contribution < 1.29 is 70.8 Å². The molecule has 0 unspecified atom stereocenters. The predicted octanol–water partition coefficient (Wildman–Crippen LogP) is -0.162. The topological polar surface area (TPSA) is 102 Å². The molecule has 0 spiro atoms. The Morgan fingerprint density at radius 1 is 0.750 bits per heavy atom. The summed E-state index contributed by atoms with van der Waals surface area (Å²) in [5.41, 5.74) is 0. The standard InChI is InChI=1S/C3H7.C2H.6CHO.3Co/c1-3-2;7*1-2;;;/h3H,1-2H3;7*1H;;;. The Morgan fingerprint density at radius 2 is 0.950 bits per heavy atom. The molecule has 9 heteroatoms. The van der Waals surface area contributed by atoms with Crippen LogP contribution in [0.4, 0.5) is 0 Å². The van der Waals surface area contributed by atoms with Gasteiger partial charge >= 0.3 is 98.5 Å². The van der Waals surface area contributed by atoms with E-state index in [1.807, 2.05) is 0 Å². The quantitative estimate of drug-likeness (QED) is 0.420. The van der Waals surface area contributed by atoms with Gasteiger partial charge in [0, 0.05) is 33.6 Å². The number of hydrogen-bond acceptors (Lipinski definition) is 6. The van der Waals surface area contributed by atoms with Gasteiger partial charge in [-0.05, 0) is 0 Å². The molecule has 0 aliphatic rings. The van der Waals surface area contributed by atoms with Crippen molar-refractivity contribution in [2.45, 2.75) is 18.7 Å². The summed E-state index contributed by atoms with van der Waals surface area (Å²) in [6.07, 6.45) is 5.13. The molecule has 0 fully saturated rings. The van der Waals surface area contributed by atoms with Gasteiger partial charge < -0.3 is 0 Å². The summed E-state index contributed by atoms with van der Waals surface area (Å²) in [7, 11) is -7.89. The van der Waals surface area contributed by atoms with E-state index in [0.29, 0.717) is 0 Å². The normalized spacial score (nSPS) is 17.7. The van der Waals surface area contributed by atoms with Gasteiger partial charge in [-0.2, -0.15) is 0 Å². The zero-order valence-corrected chi connectivity index (χ0v) is 13.7. The largest absolute Gasteiger partial charge is 0 e. The Kier molecular flexibility index (Phi) is 4.64. The van der Waals surface area contributed by atoms with Crippen molar-refractivity contribution in [3.63, 3.8) is 0 Å². The van der Waals surface area contributed by atoms with E-state index in [9.17, 15) is 28.8 Å². The van der Waals surface area contributed by atoms with Crippen LogP contribution < -0.4 is 0 Å². The molecule has 0 bridgehead atoms. The summed E-state index contributed by atoms with van der Waals surface area (Å²) in [5.74, 6) is 0. The summed E-state index contributed by atoms with van der Waals surface area (Å²) in [4.78, 5) is 70.1. The van der Waals surface area contributed by atoms with Crippen LogP contribution >= 0.6 is 0 Å². The van der Waals surface area contributed by atoms with Crippen LogP contribution in [0.1, 0.15) is 13.8 Å². The second-order valence-electron chi connectivity index (χ2n) is 4.54. The number of carbonyl (C=O) groups excluding carboxylic acids is 6. The molecule has 2 radical (unpaired) electrons. The Labute approximate surface area is 131 Å². The average Bonchev–Trinajstić information content (AvgIpc) is 2.47. The SMILES string of the molecule is C#[C][Co]([CH]=O)([CH]=O)([CH]=O)([CH]=O)([CH]=O)([CH]=O)[CH](C)C.[Co].[Co]. The van der Waals surface area contributed by atoms with Crippen molar-refractivity contribution in [3.05, 3.63) is 0 Å². The number of carbonyl (C=O) groups is 6. The van der Waals surface area contributed by atoms with E-state index >= 15 is 0 Å². The minimum Gasteiger partial charge on any atom is 0 e. The van der Waals surface area contributed by atoms with Gasteiger partial charge in [-0.25, -0.2) is 0 Å². The minimum atomic E-state index is -7.89. The Bertz CT molecular complexity index is 504. The summed E-state index contributed by atoms with van der Waals surface area (Å²) in [6, 6.07) is 0. The third-order valence-corrected chi connectivity index (χ3v) is 15.6. The molecule has 0 N–H and O–H groups in total. The van der Waals surface area contributed by atoms with Crippen molar-refractivity contribution in [1.82, 2.24) is 0 Å². The molecule has 0 aromatic rings. The molecular weight excluding hydrogens is 405 g/mol. The van der Waals surface area contributed by atoms with Crippen molar-refractivity contribution in [1.29, 1.82) is 0 Å². The van der Waals surface area contributed by atoms with E-state index in [-0.39, 0.29) is 33.6 Å². The molecule has 0 saturated heterocycles. The Morgan fingerprint density at radius 3 is 0.950 bits per heavy atom. The van der Waals surface area contributed by atoms with Gasteiger partial charge in [0.2, 0.25) is 0 Å². The van der Waals surface area contributed by atoms with Crippen LogP contribution in [-0.2, 0) is 70.8 Å². The smallest absolute Gasteiger partial charge is 0 e. The van der Waals surface area contributed by atoms with E-state index in [0.717, 1.165) is 13.8 Å². The van der Waals surface area contributed by atoms with Gasteiger partial charge in [-0.3, -0.25) is 0 Å². The molecule has 0 aromatic heterocycles. The molecule has 121 valence electrons. The molecule has 0 saturated carbocycles. The third-order valence-electron chi connectivity index (χ3n) is 3.78. The molecule has 0 atom stereocenters. The maximum atomic E-state index is 11.7. The molecule has 20 heavy (non-hydrogen) atoms. The van der Waals surface area contributed by atoms with Crippen LogP contribution in [0, 0.1) is 11.3 Å². The second kappa shape index (κ2) is 3.84. The van der Waals surface area contributed by atoms with Crippen LogP contribution in [-0.4, -0.2) is 31.3 Å². The van der Waals surface area contributed by atoms with Gasteiger partial charge in [-0.1, -0.05) is 0 Å². The van der Waals surface area contributed by atoms with Crippen LogP contribution in [0.15, 0.2) is 0 Å². The Hall–Kier alpha value is -0.901. The summed E-state index contributed by atoms with van der Waals surface area (Å²) in [5, 5.41) is -3.12. The van der Waals surface area contributed by atoms with Crippen LogP contribution in [0.25, 0.3) is 0 Å². The fraction of sp³-hybridized carbons (Fsp3) is 0.273. The van der Waals surface area contributed by atoms with Gasteiger partial charge in [0.1, 0.15) is 0 Å². The van der Waals surface area contributed by atoms with E-state index in [2.05, 4.69) is 0 Å². The van der Waals surface area contributed by atoms with E-state index < -0.39 is 44.6 Å². The first-order valence-electron chi connectivity index (χ1n) is 4.37. The second-order valence-corrected chi connectivity index (χ2v) is 16.9. The van der Waals surface area contributed by atoms with E-state index in [4.69, 9.17) is 6.42 Å². The maximum Gasteiger partial charge on any atom is 0 e. The predicted molar refractivity (Wildman–Crippen MR) is 64.4 cm³/mol. The fourth-order valence-corrected chi connectivity index (χ4v) is 4.41. The number of terminal acetylenes is 1. The molecule has 0 heterocycles. The third kappa shape index (κ3) is 1.15. The van der Waals surface area contributed by atoms with Crippen LogP contribution in [0.2, 0.25) is 4.85 Å². The van der Waals surface area contributed by atoms with Crippen molar-refractivity contribution in [2.75, 3.05) is 0 Å². The molecule has 0 aliphatic carbocycles. The number of rotatable bonds is 7. The fourth-order valence-electron chi connectivity index (χ4n) is 1.07. The van der Waals surface area contributed by atoms with Crippen molar-refractivity contribution in [2.24, 2.45) is 0 Å². The maximum absolute atomic E-state index is 11.7. The molecule has 0 rings (SSSR count).